The Kier molecular flexibility index (Phi) is 3.95. The van der Waals surface area contributed by atoms with Crippen LogP contribution in [0.15, 0.2) is 6.20 Å². The molecule has 1 N–H and O–H groups in total. The van der Waals surface area contributed by atoms with Crippen LogP contribution in [0.2, 0.25) is 5.02 Å². The van der Waals surface area contributed by atoms with Crippen LogP contribution in [-0.4, -0.2) is 22.4 Å². The van der Waals surface area contributed by atoms with Crippen LogP contribution in [0.1, 0.15) is 22.3 Å². The summed E-state index contributed by atoms with van der Waals surface area (Å²) in [4.78, 5) is 13.6. The molecule has 0 saturated heterocycles. The molecule has 1 aromatic heterocycles. The molecule has 0 spiro atoms. The number of aromatic nitrogens is 1. The van der Waals surface area contributed by atoms with Crippen molar-refractivity contribution in [2.75, 3.05) is 0 Å². The van der Waals surface area contributed by atoms with E-state index in [4.69, 9.17) is 16.7 Å². The zero-order valence-corrected chi connectivity index (χ0v) is 8.89. The van der Waals surface area contributed by atoms with E-state index in [0.29, 0.717) is 6.20 Å². The van der Waals surface area contributed by atoms with E-state index in [0.717, 1.165) is 0 Å². The maximum absolute atomic E-state index is 12.4. The number of pyridine rings is 1. The number of aromatic carboxylic acids is 1. The number of hydrogen-bond acceptors (Lipinski definition) is 3. The van der Waals surface area contributed by atoms with Crippen molar-refractivity contribution in [2.45, 2.75) is 12.8 Å². The van der Waals surface area contributed by atoms with Crippen molar-refractivity contribution in [3.63, 3.8) is 0 Å². The molecule has 1 aromatic rings. The van der Waals surface area contributed by atoms with Crippen LogP contribution in [0, 0.1) is 0 Å². The van der Waals surface area contributed by atoms with E-state index in [-0.39, 0.29) is 0 Å². The zero-order valence-electron chi connectivity index (χ0n) is 8.13. The number of halogens is 6. The first kappa shape index (κ1) is 14.4. The van der Waals surface area contributed by atoms with Crippen molar-refractivity contribution < 1.29 is 36.6 Å². The summed E-state index contributed by atoms with van der Waals surface area (Å²) in [6.07, 6.45) is -8.07. The van der Waals surface area contributed by atoms with Gasteiger partial charge in [0.15, 0.2) is 0 Å². The molecule has 0 aliphatic carbocycles. The minimum absolute atomic E-state index is 0.320. The molecule has 0 aliphatic heterocycles. The summed E-state index contributed by atoms with van der Waals surface area (Å²) >= 11 is 5.28. The summed E-state index contributed by atoms with van der Waals surface area (Å²) in [5, 5.41) is 7.58. The molecule has 0 aromatic carbocycles. The number of ether oxygens (including phenoxy) is 1. The Morgan fingerprint density at radius 3 is 2.39 bits per heavy atom. The van der Waals surface area contributed by atoms with E-state index in [1.165, 1.54) is 0 Å². The molecule has 0 amide bonds. The first-order chi connectivity index (χ1) is 8.13. The molecule has 0 atom stereocenters. The predicted octanol–water partition coefficient (Wildman–Crippen LogP) is 3.27. The maximum atomic E-state index is 12.4. The van der Waals surface area contributed by atoms with Gasteiger partial charge in [0.25, 0.3) is 6.43 Å². The highest BCUT2D eigenvalue weighted by atomic mass is 35.5. The lowest BCUT2D eigenvalue weighted by Crippen LogP contribution is -2.20. The minimum atomic E-state index is -5.22. The van der Waals surface area contributed by atoms with Crippen LogP contribution in [-0.2, 0) is 0 Å². The number of carbonyl (C=O) groups is 1. The third-order valence-corrected chi connectivity index (χ3v) is 2.08. The first-order valence-electron chi connectivity index (χ1n) is 4.09. The van der Waals surface area contributed by atoms with Crippen LogP contribution < -0.4 is 4.74 Å². The highest BCUT2D eigenvalue weighted by Crippen LogP contribution is 2.35. The summed E-state index contributed by atoms with van der Waals surface area (Å²) in [7, 11) is 0. The molecule has 0 radical (unpaired) electrons. The van der Waals surface area contributed by atoms with Gasteiger partial charge in [0.2, 0.25) is 5.88 Å². The van der Waals surface area contributed by atoms with E-state index in [2.05, 4.69) is 9.72 Å². The highest BCUT2D eigenvalue weighted by molar-refractivity contribution is 6.34. The second-order valence-electron chi connectivity index (χ2n) is 2.86. The van der Waals surface area contributed by atoms with E-state index >= 15 is 0 Å². The van der Waals surface area contributed by atoms with Crippen molar-refractivity contribution in [1.82, 2.24) is 4.98 Å². The number of carboxylic acid groups (broad SMARTS) is 1. The van der Waals surface area contributed by atoms with Gasteiger partial charge in [0.05, 0.1) is 10.6 Å². The molecule has 1 rings (SSSR count). The van der Waals surface area contributed by atoms with Crippen molar-refractivity contribution in [1.29, 1.82) is 0 Å². The fourth-order valence-electron chi connectivity index (χ4n) is 1.01. The normalized spacial score (nSPS) is 11.7. The molecule has 4 nitrogen and oxygen atoms in total. The van der Waals surface area contributed by atoms with Gasteiger partial charge < -0.3 is 9.84 Å². The lowest BCUT2D eigenvalue weighted by atomic mass is 10.2. The molecule has 100 valence electrons. The van der Waals surface area contributed by atoms with Crippen molar-refractivity contribution >= 4 is 17.6 Å². The van der Waals surface area contributed by atoms with E-state index < -0.39 is 40.8 Å². The number of carboxylic acids is 1. The summed E-state index contributed by atoms with van der Waals surface area (Å²) in [6, 6.07) is 0. The van der Waals surface area contributed by atoms with Gasteiger partial charge in [-0.2, -0.15) is 0 Å². The summed E-state index contributed by atoms with van der Waals surface area (Å²) in [6.45, 7) is 0. The van der Waals surface area contributed by atoms with Gasteiger partial charge in [-0.3, -0.25) is 0 Å². The van der Waals surface area contributed by atoms with Crippen LogP contribution >= 0.6 is 11.6 Å². The molecule has 0 fully saturated rings. The Bertz CT molecular complexity index is 477. The van der Waals surface area contributed by atoms with Gasteiger partial charge in [-0.25, -0.2) is 18.6 Å². The molecule has 0 aliphatic rings. The second-order valence-corrected chi connectivity index (χ2v) is 3.24. The Balaban J connectivity index is 3.37. The lowest BCUT2D eigenvalue weighted by Gasteiger charge is -2.12. The van der Waals surface area contributed by atoms with Gasteiger partial charge in [0, 0.05) is 6.20 Å². The number of nitrogens with zero attached hydrogens (tertiary/aromatic N) is 1. The van der Waals surface area contributed by atoms with Gasteiger partial charge in [0.1, 0.15) is 5.56 Å². The molecule has 0 saturated carbocycles. The molecule has 1 heterocycles. The highest BCUT2D eigenvalue weighted by Gasteiger charge is 2.35. The third-order valence-electron chi connectivity index (χ3n) is 1.67. The second kappa shape index (κ2) is 4.92. The fraction of sp³-hybridized carbons (Fsp3) is 0.250. The van der Waals surface area contributed by atoms with Crippen molar-refractivity contribution in [2.24, 2.45) is 0 Å². The van der Waals surface area contributed by atoms with Gasteiger partial charge in [-0.15, -0.1) is 13.2 Å². The fourth-order valence-corrected chi connectivity index (χ4v) is 1.31. The average molecular weight is 292 g/mol. The maximum Gasteiger partial charge on any atom is 0.574 e. The van der Waals surface area contributed by atoms with Crippen LogP contribution in [0.25, 0.3) is 0 Å². The quantitative estimate of drug-likeness (QED) is 0.868. The van der Waals surface area contributed by atoms with E-state index in [1.54, 1.807) is 0 Å². The van der Waals surface area contributed by atoms with E-state index in [1.807, 2.05) is 0 Å². The number of hydrogen-bond donors (Lipinski definition) is 1. The smallest absolute Gasteiger partial charge is 0.477 e. The van der Waals surface area contributed by atoms with Crippen molar-refractivity contribution in [3.05, 3.63) is 22.3 Å². The van der Waals surface area contributed by atoms with Crippen LogP contribution in [0.4, 0.5) is 22.0 Å². The van der Waals surface area contributed by atoms with Crippen LogP contribution in [0.5, 0.6) is 5.88 Å². The Morgan fingerprint density at radius 2 is 2.00 bits per heavy atom. The molecular formula is C8H3ClF5NO3. The van der Waals surface area contributed by atoms with Gasteiger partial charge in [-0.05, 0) is 0 Å². The van der Waals surface area contributed by atoms with Gasteiger partial charge >= 0.3 is 12.3 Å². The number of rotatable bonds is 3. The average Bonchev–Trinajstić information content (AvgIpc) is 2.13. The number of alkyl halides is 5. The molecule has 10 heteroatoms. The molecule has 0 unspecified atom stereocenters. The first-order valence-corrected chi connectivity index (χ1v) is 4.47. The van der Waals surface area contributed by atoms with Crippen LogP contribution in [0.3, 0.4) is 0 Å². The predicted molar refractivity (Wildman–Crippen MR) is 47.8 cm³/mol. The summed E-state index contributed by atoms with van der Waals surface area (Å²) in [5.74, 6) is -3.36. The lowest BCUT2D eigenvalue weighted by molar-refractivity contribution is -0.276. The molecular weight excluding hydrogens is 289 g/mol. The SMILES string of the molecule is O=C(O)c1c(OC(F)(F)F)ncc(C(F)F)c1Cl. The Hall–Kier alpha value is -1.64. The zero-order chi connectivity index (χ0) is 14.1. The van der Waals surface area contributed by atoms with Crippen molar-refractivity contribution in [3.8, 4) is 5.88 Å². The standard InChI is InChI=1S/C8H3ClF5NO3/c9-4-2(5(10)11)1-15-6(3(4)7(16)17)18-8(12,13)14/h1,5H,(H,16,17). The van der Waals surface area contributed by atoms with E-state index in [9.17, 15) is 26.7 Å². The molecule has 0 bridgehead atoms. The Morgan fingerprint density at radius 1 is 1.44 bits per heavy atom. The topological polar surface area (TPSA) is 59.4 Å². The van der Waals surface area contributed by atoms with Gasteiger partial charge in [-0.1, -0.05) is 11.6 Å². The monoisotopic (exact) mass is 291 g/mol. The Labute approximate surface area is 101 Å². The summed E-state index contributed by atoms with van der Waals surface area (Å²) < 4.78 is 63.8. The molecule has 18 heavy (non-hydrogen) atoms. The summed E-state index contributed by atoms with van der Waals surface area (Å²) in [5.41, 5.74) is -2.27. The largest absolute Gasteiger partial charge is 0.574 e. The third kappa shape index (κ3) is 3.19. The minimum Gasteiger partial charge on any atom is -0.477 e.